The quantitative estimate of drug-likeness (QED) is 0.251. The molecule has 6 nitrogen and oxygen atoms in total. The van der Waals surface area contributed by atoms with E-state index in [4.69, 9.17) is 4.74 Å². The van der Waals surface area contributed by atoms with E-state index in [-0.39, 0.29) is 28.4 Å². The molecule has 0 radical (unpaired) electrons. The van der Waals surface area contributed by atoms with Crippen LogP contribution in [0.25, 0.3) is 0 Å². The highest BCUT2D eigenvalue weighted by atomic mass is 16.5. The summed E-state index contributed by atoms with van der Waals surface area (Å²) in [4.78, 5) is 24.8. The van der Waals surface area contributed by atoms with Crippen molar-refractivity contribution < 1.29 is 29.6 Å². The zero-order valence-electron chi connectivity index (χ0n) is 23.6. The lowest BCUT2D eigenvalue weighted by atomic mass is 9.40. The molecular weight excluding hydrogens is 468 g/mol. The highest BCUT2D eigenvalue weighted by Gasteiger charge is 2.68. The van der Waals surface area contributed by atoms with E-state index in [1.807, 2.05) is 26.0 Å². The van der Waals surface area contributed by atoms with Gasteiger partial charge in [-0.1, -0.05) is 51.0 Å². The van der Waals surface area contributed by atoms with E-state index in [9.17, 15) is 24.9 Å². The third-order valence-electron chi connectivity index (χ3n) is 11.0. The van der Waals surface area contributed by atoms with Crippen molar-refractivity contribution >= 4 is 11.9 Å². The molecule has 0 aliphatic heterocycles. The molecule has 0 amide bonds. The van der Waals surface area contributed by atoms with E-state index in [2.05, 4.69) is 27.7 Å². The first-order chi connectivity index (χ1) is 17.2. The summed E-state index contributed by atoms with van der Waals surface area (Å²) < 4.78 is 5.83. The fourth-order valence-corrected chi connectivity index (χ4v) is 8.97. The molecule has 0 aromatic heterocycles. The van der Waals surface area contributed by atoms with Crippen LogP contribution in [0.5, 0.6) is 0 Å². The largest absolute Gasteiger partial charge is 0.478 e. The van der Waals surface area contributed by atoms with Gasteiger partial charge in [-0.25, -0.2) is 4.79 Å². The molecule has 3 saturated carbocycles. The second-order valence-electron chi connectivity index (χ2n) is 13.2. The molecule has 6 heteroatoms. The van der Waals surface area contributed by atoms with E-state index >= 15 is 0 Å². The lowest BCUT2D eigenvalue weighted by Crippen LogP contribution is -2.58. The van der Waals surface area contributed by atoms with Crippen LogP contribution in [0, 0.1) is 34.0 Å². The third kappa shape index (κ3) is 4.32. The number of carboxylic acid groups (broad SMARTS) is 1. The van der Waals surface area contributed by atoms with Crippen molar-refractivity contribution in [1.82, 2.24) is 0 Å². The predicted octanol–water partition coefficient (Wildman–Crippen LogP) is 5.59. The Kier molecular flexibility index (Phi) is 7.35. The van der Waals surface area contributed by atoms with Crippen molar-refractivity contribution in [1.29, 1.82) is 0 Å². The van der Waals surface area contributed by atoms with Crippen LogP contribution in [-0.2, 0) is 14.3 Å². The van der Waals surface area contributed by atoms with Gasteiger partial charge >= 0.3 is 11.9 Å². The van der Waals surface area contributed by atoms with Crippen LogP contribution in [0.3, 0.4) is 0 Å². The highest BCUT2D eigenvalue weighted by molar-refractivity contribution is 5.88. The van der Waals surface area contributed by atoms with Gasteiger partial charge in [0.25, 0.3) is 0 Å². The highest BCUT2D eigenvalue weighted by Crippen LogP contribution is 2.72. The van der Waals surface area contributed by atoms with Crippen molar-refractivity contribution in [3.63, 3.8) is 0 Å². The Morgan fingerprint density at radius 2 is 1.78 bits per heavy atom. The van der Waals surface area contributed by atoms with E-state index in [0.29, 0.717) is 30.8 Å². The van der Waals surface area contributed by atoms with Crippen LogP contribution in [0.1, 0.15) is 93.4 Å². The van der Waals surface area contributed by atoms with Crippen molar-refractivity contribution in [2.24, 2.45) is 34.0 Å². The summed E-state index contributed by atoms with van der Waals surface area (Å²) in [6.07, 6.45) is 7.12. The number of fused-ring (bicyclic) bond motifs is 5. The fraction of sp³-hybridized carbons (Fsp3) is 0.742. The Balaban J connectivity index is 1.87. The monoisotopic (exact) mass is 514 g/mol. The Hall–Kier alpha value is -1.92. The van der Waals surface area contributed by atoms with Crippen molar-refractivity contribution in [3.8, 4) is 0 Å². The van der Waals surface area contributed by atoms with Gasteiger partial charge in [0, 0.05) is 18.4 Å². The van der Waals surface area contributed by atoms with Gasteiger partial charge in [0.1, 0.15) is 6.10 Å². The van der Waals surface area contributed by atoms with Gasteiger partial charge in [0.15, 0.2) is 0 Å². The van der Waals surface area contributed by atoms with Gasteiger partial charge in [-0.2, -0.15) is 0 Å². The zero-order valence-corrected chi connectivity index (χ0v) is 23.6. The number of allylic oxidation sites excluding steroid dienone is 3. The van der Waals surface area contributed by atoms with Crippen LogP contribution in [0.4, 0.5) is 0 Å². The van der Waals surface area contributed by atoms with Gasteiger partial charge < -0.3 is 20.1 Å². The number of aliphatic hydroxyl groups is 2. The molecule has 0 aromatic carbocycles. The average Bonchev–Trinajstić information content (AvgIpc) is 3.08. The van der Waals surface area contributed by atoms with Crippen LogP contribution in [0.15, 0.2) is 34.4 Å². The number of aliphatic carboxylic acids is 1. The van der Waals surface area contributed by atoms with E-state index < -0.39 is 35.5 Å². The molecular formula is C31H46O6. The van der Waals surface area contributed by atoms with Crippen LogP contribution >= 0.6 is 0 Å². The molecule has 4 aliphatic rings. The zero-order chi connectivity index (χ0) is 27.5. The first-order valence-corrected chi connectivity index (χ1v) is 14.0. The minimum Gasteiger partial charge on any atom is -0.478 e. The van der Waals surface area contributed by atoms with E-state index in [1.54, 1.807) is 0 Å². The summed E-state index contributed by atoms with van der Waals surface area (Å²) >= 11 is 0. The standard InChI is InChI=1S/C31H46O6/c1-17(2)9-8-10-20(28(35)36)26-24(37-19(4)32)16-31(7)27(26)23(34)15-25-29(5)13-12-22(33)18(3)21(29)11-14-30(25,31)6/h9,15,18,21-24,27,33-34H,8,10-14,16H2,1-7H3,(H,35,36). The minimum atomic E-state index is -1.00. The fourth-order valence-electron chi connectivity index (χ4n) is 8.97. The van der Waals surface area contributed by atoms with E-state index in [1.165, 1.54) is 12.5 Å². The maximum atomic E-state index is 12.6. The summed E-state index contributed by atoms with van der Waals surface area (Å²) in [5.41, 5.74) is 2.35. The summed E-state index contributed by atoms with van der Waals surface area (Å²) in [6, 6.07) is 0. The molecule has 3 fully saturated rings. The minimum absolute atomic E-state index is 0.136. The second-order valence-corrected chi connectivity index (χ2v) is 13.2. The van der Waals surface area contributed by atoms with Crippen LogP contribution in [-0.4, -0.2) is 45.6 Å². The van der Waals surface area contributed by atoms with Gasteiger partial charge in [-0.3, -0.25) is 4.79 Å². The Labute approximate surface area is 221 Å². The number of rotatable bonds is 5. The molecule has 9 unspecified atom stereocenters. The molecule has 0 bridgehead atoms. The summed E-state index contributed by atoms with van der Waals surface area (Å²) in [6.45, 7) is 14.3. The normalized spacial score (nSPS) is 44.1. The maximum Gasteiger partial charge on any atom is 0.331 e. The number of aliphatic hydroxyl groups excluding tert-OH is 2. The average molecular weight is 515 g/mol. The smallest absolute Gasteiger partial charge is 0.331 e. The van der Waals surface area contributed by atoms with Crippen molar-refractivity contribution in [3.05, 3.63) is 34.4 Å². The topological polar surface area (TPSA) is 104 Å². The molecule has 4 rings (SSSR count). The number of ether oxygens (including phenoxy) is 1. The van der Waals surface area contributed by atoms with Crippen LogP contribution < -0.4 is 0 Å². The van der Waals surface area contributed by atoms with E-state index in [0.717, 1.165) is 31.3 Å². The lowest BCUT2D eigenvalue weighted by molar-refractivity contribution is -0.146. The number of carbonyl (C=O) groups is 2. The van der Waals surface area contributed by atoms with Gasteiger partial charge in [0.2, 0.25) is 0 Å². The molecule has 9 atom stereocenters. The number of hydrogen-bond acceptors (Lipinski definition) is 5. The first-order valence-electron chi connectivity index (χ1n) is 14.0. The van der Waals surface area contributed by atoms with Crippen LogP contribution in [0.2, 0.25) is 0 Å². The van der Waals surface area contributed by atoms with Crippen molar-refractivity contribution in [2.45, 2.75) is 112 Å². The summed E-state index contributed by atoms with van der Waals surface area (Å²) in [5.74, 6) is -1.35. The molecule has 37 heavy (non-hydrogen) atoms. The Bertz CT molecular complexity index is 1050. The Morgan fingerprint density at radius 1 is 1.11 bits per heavy atom. The second kappa shape index (κ2) is 9.68. The molecule has 206 valence electrons. The third-order valence-corrected chi connectivity index (χ3v) is 11.0. The molecule has 4 aliphatic carbocycles. The molecule has 0 aromatic rings. The molecule has 0 spiro atoms. The lowest BCUT2D eigenvalue weighted by Gasteiger charge is -2.64. The number of carbonyl (C=O) groups excluding carboxylic acids is 1. The summed E-state index contributed by atoms with van der Waals surface area (Å²) in [7, 11) is 0. The van der Waals surface area contributed by atoms with Gasteiger partial charge in [0.05, 0.1) is 12.2 Å². The van der Waals surface area contributed by atoms with Gasteiger partial charge in [-0.05, 0) is 92.4 Å². The predicted molar refractivity (Wildman–Crippen MR) is 143 cm³/mol. The molecule has 3 N–H and O–H groups in total. The number of esters is 1. The number of carboxylic acids is 1. The number of hydrogen-bond donors (Lipinski definition) is 3. The summed E-state index contributed by atoms with van der Waals surface area (Å²) in [5, 5.41) is 32.7. The van der Waals surface area contributed by atoms with Gasteiger partial charge in [-0.15, -0.1) is 0 Å². The molecule has 0 heterocycles. The molecule has 0 saturated heterocycles. The SMILES string of the molecule is CC(=O)OC1CC2(C)C(C1=C(CCC=C(C)C)C(=O)O)C(O)C=C1C3(C)CCC(O)C(C)C3CCC12C. The maximum absolute atomic E-state index is 12.6. The Morgan fingerprint density at radius 3 is 2.38 bits per heavy atom. The first kappa shape index (κ1) is 28.1. The van der Waals surface area contributed by atoms with Crippen molar-refractivity contribution in [2.75, 3.05) is 0 Å².